The van der Waals surface area contributed by atoms with Gasteiger partial charge >= 0.3 is 7.12 Å². The lowest BCUT2D eigenvalue weighted by atomic mass is 9.77. The van der Waals surface area contributed by atoms with E-state index in [1.807, 2.05) is 51.3 Å². The van der Waals surface area contributed by atoms with Gasteiger partial charge in [-0.1, -0.05) is 66.9 Å². The first-order valence-corrected chi connectivity index (χ1v) is 34.7. The Morgan fingerprint density at radius 2 is 1.33 bits per heavy atom. The third kappa shape index (κ3) is 24.4. The van der Waals surface area contributed by atoms with Crippen molar-refractivity contribution < 1.29 is 43.6 Å². The van der Waals surface area contributed by atoms with Gasteiger partial charge in [0.25, 0.3) is 0 Å². The van der Waals surface area contributed by atoms with Crippen molar-refractivity contribution >= 4 is 72.1 Å². The number of likely N-dealkylation sites (tertiary alicyclic amines) is 5. The van der Waals surface area contributed by atoms with E-state index in [0.29, 0.717) is 50.6 Å². The molecule has 8 heterocycles. The topological polar surface area (TPSA) is 384 Å². The van der Waals surface area contributed by atoms with Crippen LogP contribution in [0.15, 0.2) is 18.3 Å². The highest BCUT2D eigenvalue weighted by Gasteiger charge is 2.41. The predicted molar refractivity (Wildman–Crippen MR) is 357 cm³/mol. The van der Waals surface area contributed by atoms with Crippen LogP contribution in [-0.4, -0.2) is 231 Å². The molecule has 1 aliphatic carbocycles. The van der Waals surface area contributed by atoms with Gasteiger partial charge < -0.3 is 83.1 Å². The largest absolute Gasteiger partial charge is 0.475 e. The van der Waals surface area contributed by atoms with Gasteiger partial charge in [0.1, 0.15) is 24.2 Å². The van der Waals surface area contributed by atoms with Crippen LogP contribution in [0.1, 0.15) is 151 Å². The number of carbonyl (C=O) groups is 7. The van der Waals surface area contributed by atoms with Crippen LogP contribution in [0.3, 0.4) is 0 Å². The van der Waals surface area contributed by atoms with Crippen LogP contribution in [0.5, 0.6) is 0 Å². The number of hydrogen-bond acceptors (Lipinski definition) is 20. The Bertz CT molecular complexity index is 2530. The summed E-state index contributed by atoms with van der Waals surface area (Å²) in [6.07, 6.45) is 18.2. The highest BCUT2D eigenvalue weighted by molar-refractivity contribution is 7.99. The molecular weight excluding hydrogens is 1190 g/mol. The fraction of sp³-hybridized carbons (Fsp3) is 0.766. The number of nitrogens with zero attached hydrogens (tertiary/aromatic N) is 10. The molecule has 8 fully saturated rings. The molecule has 0 spiro atoms. The fourth-order valence-electron chi connectivity index (χ4n) is 12.1. The number of hydrogen-bond donors (Lipinski definition) is 9. The van der Waals surface area contributed by atoms with Crippen molar-refractivity contribution in [2.45, 2.75) is 205 Å². The van der Waals surface area contributed by atoms with Crippen LogP contribution in [0.25, 0.3) is 4.85 Å². The Morgan fingerprint density at radius 3 is 1.87 bits per heavy atom. The number of nitriles is 2. The maximum atomic E-state index is 12.3. The Kier molecular flexibility index (Phi) is 35.5. The maximum Gasteiger partial charge on any atom is 0.475 e. The van der Waals surface area contributed by atoms with Gasteiger partial charge in [-0.15, -0.1) is 11.8 Å². The normalized spacial score (nSPS) is 24.4. The molecule has 1 saturated carbocycles. The Hall–Kier alpha value is -6.00. The molecule has 1 aromatic rings. The van der Waals surface area contributed by atoms with Gasteiger partial charge in [-0.25, -0.2) is 4.85 Å². The summed E-state index contributed by atoms with van der Waals surface area (Å²) in [6.45, 7) is 26.5. The number of rotatable bonds is 17. The third-order valence-electron chi connectivity index (χ3n) is 18.4. The first-order valence-electron chi connectivity index (χ1n) is 33.6. The highest BCUT2D eigenvalue weighted by Crippen LogP contribution is 2.28. The number of anilines is 1. The van der Waals surface area contributed by atoms with Gasteiger partial charge in [0.15, 0.2) is 0 Å². The highest BCUT2D eigenvalue weighted by atomic mass is 32.2. The SMILES string of the molecule is CC(C)C(N)C(=O)N1CCCC1.CC(C)C(N)C(=O)N1CCSC1.CCC(C)C(N)C(=O)N1CCCC1C#N.NC1CCCCC1C(=O)N1CCCC1C=O.O=C(C1CCCN1)N1CCCC1B(O)O.[C-]#[N+]c1ccc(NCCNCC(=O)N2CCCC2C#N)nc1. The zero-order valence-corrected chi connectivity index (χ0v) is 56.4. The second-order valence-corrected chi connectivity index (χ2v) is 26.7. The lowest BCUT2D eigenvalue weighted by molar-refractivity contribution is -0.140. The average molecular weight is 1300 g/mol. The molecule has 7 aliphatic heterocycles. The van der Waals surface area contributed by atoms with E-state index in [1.54, 1.807) is 43.5 Å². The van der Waals surface area contributed by atoms with E-state index >= 15 is 0 Å². The molecule has 0 aromatic carbocycles. The monoisotopic (exact) mass is 1300 g/mol. The molecule has 92 heavy (non-hydrogen) atoms. The number of carbonyl (C=O) groups excluding carboxylic acids is 7. The summed E-state index contributed by atoms with van der Waals surface area (Å²) in [6, 6.07) is 5.87. The minimum absolute atomic E-state index is 0.00541. The molecule has 7 saturated heterocycles. The van der Waals surface area contributed by atoms with Crippen molar-refractivity contribution in [3.8, 4) is 12.1 Å². The summed E-state index contributed by atoms with van der Waals surface area (Å²) in [5, 5.41) is 45.5. The number of thioether (sulfide) groups is 1. The molecule has 28 heteroatoms. The molecule has 1 aromatic heterocycles. The Labute approximate surface area is 551 Å². The van der Waals surface area contributed by atoms with Crippen LogP contribution in [0.2, 0.25) is 0 Å². The summed E-state index contributed by atoms with van der Waals surface area (Å²) in [5.74, 6) is 3.08. The van der Waals surface area contributed by atoms with E-state index in [-0.39, 0.29) is 108 Å². The minimum Gasteiger partial charge on any atom is -0.426 e. The molecule has 11 atom stereocenters. The van der Waals surface area contributed by atoms with E-state index in [9.17, 15) is 33.6 Å². The minimum atomic E-state index is -1.40. The molecule has 11 unspecified atom stereocenters. The van der Waals surface area contributed by atoms with Gasteiger partial charge in [0, 0.05) is 76.9 Å². The summed E-state index contributed by atoms with van der Waals surface area (Å²) >= 11 is 1.79. The Balaban J connectivity index is 0.000000238. The molecule has 8 aliphatic rings. The van der Waals surface area contributed by atoms with Gasteiger partial charge in [0.2, 0.25) is 41.1 Å². The number of nitrogens with two attached hydrogens (primary N) is 4. The molecular formula is C64H108BN17O9S. The first kappa shape index (κ1) is 78.4. The number of aldehydes is 1. The van der Waals surface area contributed by atoms with Crippen molar-refractivity contribution in [1.29, 1.82) is 10.5 Å². The second-order valence-electron chi connectivity index (χ2n) is 25.7. The van der Waals surface area contributed by atoms with Gasteiger partial charge in [-0.3, -0.25) is 33.8 Å². The van der Waals surface area contributed by atoms with Crippen molar-refractivity contribution in [2.75, 3.05) is 88.9 Å². The average Bonchev–Trinajstić information content (AvgIpc) is 2.25. The maximum absolute atomic E-state index is 12.3. The Morgan fingerprint density at radius 1 is 0.728 bits per heavy atom. The third-order valence-corrected chi connectivity index (χ3v) is 19.3. The number of nitrogens with one attached hydrogen (secondary N) is 3. The molecule has 13 N–H and O–H groups in total. The van der Waals surface area contributed by atoms with Crippen molar-refractivity contribution in [1.82, 2.24) is 45.0 Å². The molecule has 0 bridgehead atoms. The van der Waals surface area contributed by atoms with E-state index in [2.05, 4.69) is 37.9 Å². The lowest BCUT2D eigenvalue weighted by Gasteiger charge is -2.32. The van der Waals surface area contributed by atoms with Gasteiger partial charge in [-0.05, 0) is 120 Å². The molecule has 26 nitrogen and oxygen atoms in total. The number of aromatic nitrogens is 1. The van der Waals surface area contributed by atoms with Crippen molar-refractivity contribution in [3.05, 3.63) is 29.7 Å². The second kappa shape index (κ2) is 41.7. The summed E-state index contributed by atoms with van der Waals surface area (Å²) < 4.78 is 0. The van der Waals surface area contributed by atoms with E-state index in [0.717, 1.165) is 153 Å². The van der Waals surface area contributed by atoms with Crippen LogP contribution in [0.4, 0.5) is 11.5 Å². The smallest absolute Gasteiger partial charge is 0.426 e. The predicted octanol–water partition coefficient (Wildman–Crippen LogP) is 2.55. The number of pyridine rings is 1. The van der Waals surface area contributed by atoms with Crippen LogP contribution < -0.4 is 38.9 Å². The quantitative estimate of drug-likeness (QED) is 0.0468. The van der Waals surface area contributed by atoms with Crippen LogP contribution >= 0.6 is 11.8 Å². The van der Waals surface area contributed by atoms with Gasteiger partial charge in [0.05, 0.1) is 73.2 Å². The summed E-state index contributed by atoms with van der Waals surface area (Å²) in [5.41, 5.74) is 23.9. The lowest BCUT2D eigenvalue weighted by Crippen LogP contribution is -2.51. The zero-order valence-electron chi connectivity index (χ0n) is 55.5. The first-order chi connectivity index (χ1) is 44.0. The van der Waals surface area contributed by atoms with Crippen LogP contribution in [-0.2, 0) is 33.6 Å². The van der Waals surface area contributed by atoms with Crippen molar-refractivity contribution in [3.63, 3.8) is 0 Å². The molecule has 9 rings (SSSR count). The molecule has 0 radical (unpaired) electrons. The van der Waals surface area contributed by atoms with E-state index < -0.39 is 19.1 Å². The van der Waals surface area contributed by atoms with Gasteiger partial charge in [-0.2, -0.15) is 10.5 Å². The van der Waals surface area contributed by atoms with E-state index in [1.165, 1.54) is 6.20 Å². The van der Waals surface area contributed by atoms with Crippen molar-refractivity contribution in [2.24, 2.45) is 46.6 Å². The van der Waals surface area contributed by atoms with Crippen LogP contribution in [0, 0.1) is 52.9 Å². The fourth-order valence-corrected chi connectivity index (χ4v) is 13.0. The standard InChI is InChI=1S/C15H18N6O.C12H20N2O2.C11H19N3O.C9H17BN2O3.C9H18N2O.C8H16N2OS/c1-17-12-4-5-14(20-10-12)19-7-6-18-11-15(22)21-8-2-3-13(21)9-16;13-11-6-2-1-5-10(11)12(16)14-7-3-4-9(14)8-15;1-3-8(2)10(13)11(15)14-6-4-5-9(14)7-12;13-9(7-3-1-5-11-7)12-6-2-4-8(12)10(14)15;1-7(2)8(10)9(12)11-5-3-4-6-11;1-6(2)7(9)8(11)10-3-4-12-5-10/h4-5,10,13,18H,2-3,6-8,11H2,(H,19,20);8-11H,1-7,13H2;8-10H,3-6,13H2,1-2H3;7-8,11,14-15H,1-6H2;7-8H,3-6,10H2,1-2H3;6-7H,3-5,9H2,1-2H3. The number of amides is 6. The van der Waals surface area contributed by atoms with E-state index in [4.69, 9.17) is 50.1 Å². The molecule has 6 amide bonds. The summed E-state index contributed by atoms with van der Waals surface area (Å²) in [4.78, 5) is 100.0. The zero-order chi connectivity index (χ0) is 67.9. The summed E-state index contributed by atoms with van der Waals surface area (Å²) in [7, 11) is -1.40. The molecule has 512 valence electrons.